The number of rotatable bonds is 3. The van der Waals surface area contributed by atoms with Gasteiger partial charge in [0, 0.05) is 18.2 Å². The van der Waals surface area contributed by atoms with Gasteiger partial charge in [-0.1, -0.05) is 0 Å². The molecule has 2 rings (SSSR count). The summed E-state index contributed by atoms with van der Waals surface area (Å²) in [6.07, 6.45) is 0. The van der Waals surface area contributed by atoms with E-state index in [-0.39, 0.29) is 17.1 Å². The Morgan fingerprint density at radius 1 is 0.875 bits per heavy atom. The fourth-order valence-corrected chi connectivity index (χ4v) is 3.05. The van der Waals surface area contributed by atoms with Gasteiger partial charge >= 0.3 is 0 Å². The van der Waals surface area contributed by atoms with Gasteiger partial charge in [0.1, 0.15) is 5.75 Å². The van der Waals surface area contributed by atoms with Crippen molar-refractivity contribution < 1.29 is 19.9 Å². The molecule has 0 heterocycles. The summed E-state index contributed by atoms with van der Waals surface area (Å²) in [4.78, 5) is 28.7. The lowest BCUT2D eigenvalue weighted by Crippen LogP contribution is -1.91. The molecule has 10 nitrogen and oxygen atoms in total. The maximum Gasteiger partial charge on any atom is 0.284 e. The monoisotopic (exact) mass is 558 g/mol. The molecule has 0 amide bonds. The molecule has 0 aliphatic carbocycles. The van der Waals surface area contributed by atoms with E-state index in [1.807, 2.05) is 45.2 Å². The van der Waals surface area contributed by atoms with E-state index in [2.05, 4.69) is 6.07 Å². The molecule has 0 saturated carbocycles. The molecule has 24 heavy (non-hydrogen) atoms. The highest BCUT2D eigenvalue weighted by atomic mass is 127. The Hall–Kier alpha value is -2.10. The zero-order valence-electron chi connectivity index (χ0n) is 11.4. The van der Waals surface area contributed by atoms with Crippen molar-refractivity contribution in [1.29, 1.82) is 0 Å². The van der Waals surface area contributed by atoms with E-state index in [1.165, 1.54) is 12.1 Å². The molecule has 125 valence electrons. The minimum absolute atomic E-state index is 0.00148. The Morgan fingerprint density at radius 2 is 1.38 bits per heavy atom. The number of aromatic hydroxyl groups is 1. The third-order valence-corrected chi connectivity index (χ3v) is 4.03. The topological polar surface area (TPSA) is 150 Å². The molecule has 2 aromatic carbocycles. The number of halogens is 2. The summed E-state index contributed by atoms with van der Waals surface area (Å²) in [5, 5.41) is 39.9. The van der Waals surface area contributed by atoms with Crippen LogP contribution in [0.15, 0.2) is 30.3 Å². The number of hydrogen-bond acceptors (Lipinski definition) is 7. The summed E-state index contributed by atoms with van der Waals surface area (Å²) >= 11 is 3.70. The number of phenolic OH excluding ortho intramolecular Hbond substituents is 1. The summed E-state index contributed by atoms with van der Waals surface area (Å²) in [5.74, 6) is 0.0989. The number of nitrogens with zero attached hydrogens (tertiary/aromatic N) is 3. The Bertz CT molecular complexity index is 761. The van der Waals surface area contributed by atoms with Crippen LogP contribution in [-0.2, 0) is 0 Å². The van der Waals surface area contributed by atoms with E-state index >= 15 is 0 Å². The largest absolute Gasteiger partial charge is 0.506 e. The van der Waals surface area contributed by atoms with E-state index in [0.29, 0.717) is 7.14 Å². The average Bonchev–Trinajstić information content (AvgIpc) is 2.52. The van der Waals surface area contributed by atoms with Crippen molar-refractivity contribution in [2.45, 2.75) is 0 Å². The van der Waals surface area contributed by atoms with Crippen molar-refractivity contribution in [1.82, 2.24) is 0 Å². The number of non-ortho nitro benzene ring substituents is 3. The third-order valence-electron chi connectivity index (χ3n) is 2.39. The van der Waals surface area contributed by atoms with Gasteiger partial charge in [-0.05, 0) is 51.2 Å². The molecule has 0 aliphatic heterocycles. The summed E-state index contributed by atoms with van der Waals surface area (Å²) in [6, 6.07) is 8.08. The molecule has 2 aromatic rings. The van der Waals surface area contributed by atoms with Gasteiger partial charge in [0.25, 0.3) is 17.1 Å². The zero-order valence-corrected chi connectivity index (χ0v) is 15.7. The predicted molar refractivity (Wildman–Crippen MR) is 98.8 cm³/mol. The maximum absolute atomic E-state index is 10.3. The van der Waals surface area contributed by atoms with Gasteiger partial charge < -0.3 is 5.11 Å². The lowest BCUT2D eigenvalue weighted by Gasteiger charge is -1.99. The summed E-state index contributed by atoms with van der Waals surface area (Å²) in [5.41, 5.74) is -0.703. The second kappa shape index (κ2) is 8.67. The smallest absolute Gasteiger partial charge is 0.284 e. The first-order chi connectivity index (χ1) is 11.1. The summed E-state index contributed by atoms with van der Waals surface area (Å²) < 4.78 is 0.984. The summed E-state index contributed by atoms with van der Waals surface area (Å²) in [7, 11) is 0. The number of hydrogen-bond donors (Lipinski definition) is 1. The second-order valence-corrected chi connectivity index (χ2v) is 6.29. The van der Waals surface area contributed by atoms with Crippen LogP contribution >= 0.6 is 45.2 Å². The first-order valence-corrected chi connectivity index (χ1v) is 7.92. The molecule has 0 bridgehead atoms. The molecule has 0 aliphatic rings. The first-order valence-electron chi connectivity index (χ1n) is 5.76. The lowest BCUT2D eigenvalue weighted by atomic mass is 10.3. The van der Waals surface area contributed by atoms with Crippen molar-refractivity contribution in [3.63, 3.8) is 0 Å². The molecule has 1 radical (unpaired) electrons. The molecule has 0 unspecified atom stereocenters. The fourth-order valence-electron chi connectivity index (χ4n) is 1.32. The zero-order chi connectivity index (χ0) is 18.4. The van der Waals surface area contributed by atoms with Gasteiger partial charge in [-0.15, -0.1) is 0 Å². The molecular weight excluding hydrogens is 552 g/mol. The van der Waals surface area contributed by atoms with Gasteiger partial charge in [0.15, 0.2) is 0 Å². The Morgan fingerprint density at radius 3 is 1.79 bits per heavy atom. The molecule has 0 saturated heterocycles. The molecule has 0 atom stereocenters. The molecule has 0 aromatic heterocycles. The van der Waals surface area contributed by atoms with Gasteiger partial charge in [0.2, 0.25) is 0 Å². The SMILES string of the molecule is O=[N+]([O-])c1[c]ccc([N+](=O)[O-])c1.O=[N+]([O-])c1cc(I)c(O)c(I)c1. The van der Waals surface area contributed by atoms with E-state index in [1.54, 1.807) is 0 Å². The van der Waals surface area contributed by atoms with Crippen LogP contribution < -0.4 is 0 Å². The van der Waals surface area contributed by atoms with E-state index in [0.717, 1.165) is 18.2 Å². The highest BCUT2D eigenvalue weighted by Crippen LogP contribution is 2.30. The van der Waals surface area contributed by atoms with Crippen LogP contribution in [0.3, 0.4) is 0 Å². The van der Waals surface area contributed by atoms with Gasteiger partial charge in [-0.2, -0.15) is 0 Å². The van der Waals surface area contributed by atoms with Gasteiger partial charge in [-0.25, -0.2) is 0 Å². The molecular formula is C12H6I2N3O7. The van der Waals surface area contributed by atoms with Gasteiger partial charge in [0.05, 0.1) is 34.0 Å². The quantitative estimate of drug-likeness (QED) is 0.342. The van der Waals surface area contributed by atoms with Crippen molar-refractivity contribution in [3.8, 4) is 5.75 Å². The predicted octanol–water partition coefficient (Wildman–Crippen LogP) is 3.81. The fraction of sp³-hybridized carbons (Fsp3) is 0. The van der Waals surface area contributed by atoms with Crippen molar-refractivity contribution in [2.75, 3.05) is 0 Å². The van der Waals surface area contributed by atoms with Crippen LogP contribution in [0.2, 0.25) is 0 Å². The lowest BCUT2D eigenvalue weighted by molar-refractivity contribution is -0.394. The van der Waals surface area contributed by atoms with Crippen LogP contribution in [0.5, 0.6) is 5.75 Å². The van der Waals surface area contributed by atoms with Crippen molar-refractivity contribution >= 4 is 62.2 Å². The van der Waals surface area contributed by atoms with Crippen LogP contribution in [0.1, 0.15) is 0 Å². The average molecular weight is 558 g/mol. The highest BCUT2D eigenvalue weighted by Gasteiger charge is 2.13. The van der Waals surface area contributed by atoms with Gasteiger partial charge in [-0.3, -0.25) is 30.3 Å². The molecule has 0 spiro atoms. The Balaban J connectivity index is 0.000000240. The van der Waals surface area contributed by atoms with Crippen LogP contribution in [0, 0.1) is 43.5 Å². The number of nitro benzene ring substituents is 3. The van der Waals surface area contributed by atoms with E-state index < -0.39 is 20.5 Å². The Kier molecular flexibility index (Phi) is 7.20. The number of nitro groups is 3. The molecule has 0 fully saturated rings. The normalized spacial score (nSPS) is 9.58. The number of phenols is 1. The molecule has 12 heteroatoms. The standard InChI is InChI=1S/C6H3I2NO3.C6H3N2O4/c7-4-1-3(9(11)12)2-5(8)6(4)10;9-7(10)5-2-1-3-6(4-5)8(11)12/h1-2,10H;1-2,4H. The van der Waals surface area contributed by atoms with Crippen LogP contribution in [0.25, 0.3) is 0 Å². The van der Waals surface area contributed by atoms with Crippen LogP contribution in [-0.4, -0.2) is 19.9 Å². The third kappa shape index (κ3) is 5.52. The minimum Gasteiger partial charge on any atom is -0.506 e. The van der Waals surface area contributed by atoms with E-state index in [9.17, 15) is 35.4 Å². The first kappa shape index (κ1) is 19.9. The Labute approximate surface area is 161 Å². The van der Waals surface area contributed by atoms with Crippen molar-refractivity contribution in [3.05, 3.63) is 73.9 Å². The summed E-state index contributed by atoms with van der Waals surface area (Å²) in [6.45, 7) is 0. The molecule has 1 N–H and O–H groups in total. The highest BCUT2D eigenvalue weighted by molar-refractivity contribution is 14.1. The maximum atomic E-state index is 10.3. The number of benzene rings is 2. The van der Waals surface area contributed by atoms with Crippen LogP contribution in [0.4, 0.5) is 17.1 Å². The minimum atomic E-state index is -0.729. The van der Waals surface area contributed by atoms with E-state index in [4.69, 9.17) is 0 Å². The second-order valence-electron chi connectivity index (χ2n) is 3.96. The van der Waals surface area contributed by atoms with Crippen molar-refractivity contribution in [2.24, 2.45) is 0 Å².